The third kappa shape index (κ3) is 3.85. The Morgan fingerprint density at radius 2 is 2.00 bits per heavy atom. The van der Waals surface area contributed by atoms with Gasteiger partial charge in [0.25, 0.3) is 0 Å². The molecule has 0 atom stereocenters. The Kier molecular flexibility index (Phi) is 5.25. The zero-order chi connectivity index (χ0) is 14.6. The fraction of sp³-hybridized carbons (Fsp3) is 0.824. The quantitative estimate of drug-likeness (QED) is 0.862. The average Bonchev–Trinajstić information content (AvgIpc) is 2.85. The topological polar surface area (TPSA) is 29.9 Å². The summed E-state index contributed by atoms with van der Waals surface area (Å²) in [6, 6.07) is 0.721. The molecule has 0 aromatic carbocycles. The van der Waals surface area contributed by atoms with Gasteiger partial charge in [-0.25, -0.2) is 4.98 Å². The molecule has 20 heavy (non-hydrogen) atoms. The van der Waals surface area contributed by atoms with Crippen LogP contribution in [-0.4, -0.2) is 22.1 Å². The van der Waals surface area contributed by atoms with Gasteiger partial charge in [-0.05, 0) is 37.0 Å². The lowest BCUT2D eigenvalue weighted by Gasteiger charge is -2.39. The highest BCUT2D eigenvalue weighted by Gasteiger charge is 2.31. The number of aromatic nitrogens is 2. The lowest BCUT2D eigenvalue weighted by molar-refractivity contribution is 0.137. The van der Waals surface area contributed by atoms with Crippen molar-refractivity contribution in [1.29, 1.82) is 0 Å². The Hall–Kier alpha value is -0.830. The molecular weight excluding hydrogens is 246 g/mol. The maximum absolute atomic E-state index is 4.38. The summed E-state index contributed by atoms with van der Waals surface area (Å²) in [6.45, 7) is 8.26. The molecule has 1 aliphatic rings. The molecule has 0 saturated heterocycles. The van der Waals surface area contributed by atoms with Gasteiger partial charge in [0.1, 0.15) is 5.82 Å². The largest absolute Gasteiger partial charge is 0.338 e. The van der Waals surface area contributed by atoms with E-state index in [-0.39, 0.29) is 0 Å². The summed E-state index contributed by atoms with van der Waals surface area (Å²) in [4.78, 5) is 4.38. The van der Waals surface area contributed by atoms with Gasteiger partial charge in [-0.1, -0.05) is 27.2 Å². The van der Waals surface area contributed by atoms with E-state index in [1.807, 2.05) is 12.4 Å². The number of nitrogens with zero attached hydrogens (tertiary/aromatic N) is 2. The highest BCUT2D eigenvalue weighted by molar-refractivity contribution is 4.92. The van der Waals surface area contributed by atoms with Gasteiger partial charge in [0.2, 0.25) is 0 Å². The third-order valence-corrected chi connectivity index (χ3v) is 5.45. The van der Waals surface area contributed by atoms with Crippen LogP contribution in [-0.2, 0) is 13.5 Å². The number of aryl methyl sites for hydroxylation is 1. The first-order valence-electron chi connectivity index (χ1n) is 8.22. The summed E-state index contributed by atoms with van der Waals surface area (Å²) in [6.07, 6.45) is 11.7. The van der Waals surface area contributed by atoms with E-state index in [2.05, 4.69) is 42.7 Å². The second kappa shape index (κ2) is 6.75. The van der Waals surface area contributed by atoms with Crippen molar-refractivity contribution in [1.82, 2.24) is 14.9 Å². The Bertz CT molecular complexity index is 400. The van der Waals surface area contributed by atoms with Gasteiger partial charge >= 0.3 is 0 Å². The zero-order valence-corrected chi connectivity index (χ0v) is 13.7. The van der Waals surface area contributed by atoms with Crippen LogP contribution in [0.15, 0.2) is 12.4 Å². The molecule has 0 aliphatic heterocycles. The van der Waals surface area contributed by atoms with Crippen molar-refractivity contribution in [3.05, 3.63) is 18.2 Å². The minimum Gasteiger partial charge on any atom is -0.338 e. The Balaban J connectivity index is 1.69. The minimum absolute atomic E-state index is 0.526. The summed E-state index contributed by atoms with van der Waals surface area (Å²) in [5.74, 6) is 2.10. The third-order valence-electron chi connectivity index (χ3n) is 5.45. The number of rotatable bonds is 6. The molecular formula is C17H31N3. The molecule has 1 aliphatic carbocycles. The van der Waals surface area contributed by atoms with E-state index in [0.717, 1.165) is 24.9 Å². The predicted molar refractivity (Wildman–Crippen MR) is 84.7 cm³/mol. The molecule has 0 bridgehead atoms. The summed E-state index contributed by atoms with van der Waals surface area (Å²) in [7, 11) is 2.07. The molecule has 1 fully saturated rings. The molecule has 1 saturated carbocycles. The second-order valence-corrected chi connectivity index (χ2v) is 7.05. The van der Waals surface area contributed by atoms with Gasteiger partial charge in [0.15, 0.2) is 0 Å². The standard InChI is InChI=1S/C17H31N3/c1-5-17(2,3)14-6-8-15(9-7-14)18-11-10-16-19-12-13-20(16)4/h12-15,18H,5-11H2,1-4H3. The van der Waals surface area contributed by atoms with Gasteiger partial charge < -0.3 is 9.88 Å². The van der Waals surface area contributed by atoms with E-state index >= 15 is 0 Å². The van der Waals surface area contributed by atoms with E-state index in [1.165, 1.54) is 37.9 Å². The van der Waals surface area contributed by atoms with E-state index in [1.54, 1.807) is 0 Å². The lowest BCUT2D eigenvalue weighted by Crippen LogP contribution is -2.37. The van der Waals surface area contributed by atoms with Crippen molar-refractivity contribution >= 4 is 0 Å². The van der Waals surface area contributed by atoms with Crippen molar-refractivity contribution in [2.75, 3.05) is 6.54 Å². The summed E-state index contributed by atoms with van der Waals surface area (Å²) < 4.78 is 2.11. The Morgan fingerprint density at radius 1 is 1.30 bits per heavy atom. The highest BCUT2D eigenvalue weighted by atomic mass is 15.0. The van der Waals surface area contributed by atoms with Crippen molar-refractivity contribution in [3.63, 3.8) is 0 Å². The first-order valence-corrected chi connectivity index (χ1v) is 8.22. The molecule has 1 N–H and O–H groups in total. The molecule has 1 aromatic heterocycles. The number of hydrogen-bond donors (Lipinski definition) is 1. The van der Waals surface area contributed by atoms with Crippen LogP contribution < -0.4 is 5.32 Å². The van der Waals surface area contributed by atoms with Crippen LogP contribution in [0.25, 0.3) is 0 Å². The van der Waals surface area contributed by atoms with Gasteiger partial charge in [-0.15, -0.1) is 0 Å². The molecule has 1 heterocycles. The van der Waals surface area contributed by atoms with Crippen LogP contribution in [0.3, 0.4) is 0 Å². The molecule has 114 valence electrons. The Morgan fingerprint density at radius 3 is 2.55 bits per heavy atom. The minimum atomic E-state index is 0.526. The normalized spacial score (nSPS) is 24.0. The summed E-state index contributed by atoms with van der Waals surface area (Å²) in [5.41, 5.74) is 0.526. The molecule has 3 heteroatoms. The molecule has 0 unspecified atom stereocenters. The van der Waals surface area contributed by atoms with Crippen molar-refractivity contribution < 1.29 is 0 Å². The van der Waals surface area contributed by atoms with Crippen molar-refractivity contribution in [3.8, 4) is 0 Å². The van der Waals surface area contributed by atoms with Crippen LogP contribution in [0.2, 0.25) is 0 Å². The van der Waals surface area contributed by atoms with Crippen molar-refractivity contribution in [2.45, 2.75) is 65.3 Å². The fourth-order valence-electron chi connectivity index (χ4n) is 3.39. The van der Waals surface area contributed by atoms with E-state index in [0.29, 0.717) is 5.41 Å². The average molecular weight is 277 g/mol. The monoisotopic (exact) mass is 277 g/mol. The maximum Gasteiger partial charge on any atom is 0.109 e. The first kappa shape index (κ1) is 15.6. The molecule has 2 rings (SSSR count). The predicted octanol–water partition coefficient (Wildman–Crippen LogP) is 3.55. The zero-order valence-electron chi connectivity index (χ0n) is 13.7. The highest BCUT2D eigenvalue weighted by Crippen LogP contribution is 2.40. The maximum atomic E-state index is 4.38. The van der Waals surface area contributed by atoms with E-state index in [9.17, 15) is 0 Å². The lowest BCUT2D eigenvalue weighted by atomic mass is 9.69. The smallest absolute Gasteiger partial charge is 0.109 e. The number of imidazole rings is 1. The number of hydrogen-bond acceptors (Lipinski definition) is 2. The van der Waals surface area contributed by atoms with Crippen molar-refractivity contribution in [2.24, 2.45) is 18.4 Å². The van der Waals surface area contributed by atoms with Crippen LogP contribution in [0.1, 0.15) is 58.7 Å². The van der Waals surface area contributed by atoms with Crippen LogP contribution in [0.5, 0.6) is 0 Å². The summed E-state index contributed by atoms with van der Waals surface area (Å²) >= 11 is 0. The van der Waals surface area contributed by atoms with Crippen LogP contribution >= 0.6 is 0 Å². The fourth-order valence-corrected chi connectivity index (χ4v) is 3.39. The summed E-state index contributed by atoms with van der Waals surface area (Å²) in [5, 5.41) is 3.72. The van der Waals surface area contributed by atoms with Gasteiger partial charge in [0, 0.05) is 38.4 Å². The molecule has 0 amide bonds. The van der Waals surface area contributed by atoms with Gasteiger partial charge in [-0.3, -0.25) is 0 Å². The molecule has 0 spiro atoms. The first-order chi connectivity index (χ1) is 9.53. The second-order valence-electron chi connectivity index (χ2n) is 7.05. The van der Waals surface area contributed by atoms with Crippen LogP contribution in [0.4, 0.5) is 0 Å². The van der Waals surface area contributed by atoms with E-state index < -0.39 is 0 Å². The SMILES string of the molecule is CCC(C)(C)C1CCC(NCCc2nccn2C)CC1. The number of nitrogens with one attached hydrogen (secondary N) is 1. The molecule has 1 aromatic rings. The van der Waals surface area contributed by atoms with E-state index in [4.69, 9.17) is 0 Å². The van der Waals surface area contributed by atoms with Gasteiger partial charge in [-0.2, -0.15) is 0 Å². The molecule has 3 nitrogen and oxygen atoms in total. The van der Waals surface area contributed by atoms with Gasteiger partial charge in [0.05, 0.1) is 0 Å². The van der Waals surface area contributed by atoms with Crippen LogP contribution in [0, 0.1) is 11.3 Å². The molecule has 0 radical (unpaired) electrons. The Labute approximate surface area is 124 Å².